The van der Waals surface area contributed by atoms with Crippen LogP contribution in [0.15, 0.2) is 48.2 Å². The van der Waals surface area contributed by atoms with Crippen LogP contribution in [0.1, 0.15) is 30.4 Å². The van der Waals surface area contributed by atoms with E-state index in [2.05, 4.69) is 4.90 Å². The molecule has 0 atom stereocenters. The molecule has 0 N–H and O–H groups in total. The highest BCUT2D eigenvalue weighted by atomic mass is 35.5. The number of aryl methyl sites for hydroxylation is 1. The molecule has 0 aromatic heterocycles. The maximum Gasteiger partial charge on any atom is 0.282 e. The van der Waals surface area contributed by atoms with Crippen molar-refractivity contribution < 1.29 is 9.59 Å². The van der Waals surface area contributed by atoms with Gasteiger partial charge in [-0.25, -0.2) is 4.90 Å². The normalized spacial score (nSPS) is 17.7. The number of nitrogens with zero attached hydrogens (tertiary/aromatic N) is 2. The molecule has 4 nitrogen and oxygen atoms in total. The Balaban J connectivity index is 1.84. The molecule has 0 bridgehead atoms. The molecule has 2 aliphatic rings. The van der Waals surface area contributed by atoms with Crippen LogP contribution < -0.4 is 4.90 Å². The zero-order chi connectivity index (χ0) is 19.8. The molecule has 28 heavy (non-hydrogen) atoms. The highest BCUT2D eigenvalue weighted by Crippen LogP contribution is 2.37. The van der Waals surface area contributed by atoms with Crippen LogP contribution in [-0.4, -0.2) is 29.8 Å². The molecular formula is C22H20Cl2N2O2. The van der Waals surface area contributed by atoms with E-state index in [9.17, 15) is 9.59 Å². The molecule has 2 aliphatic heterocycles. The fraction of sp³-hybridized carbons (Fsp3) is 0.273. The Morgan fingerprint density at radius 2 is 1.46 bits per heavy atom. The third kappa shape index (κ3) is 3.31. The molecule has 0 spiro atoms. The average Bonchev–Trinajstić information content (AvgIpc) is 2.94. The van der Waals surface area contributed by atoms with Gasteiger partial charge in [0.25, 0.3) is 11.8 Å². The molecule has 6 heteroatoms. The minimum absolute atomic E-state index is 0.276. The van der Waals surface area contributed by atoms with Gasteiger partial charge >= 0.3 is 0 Å². The number of amides is 2. The Labute approximate surface area is 174 Å². The average molecular weight is 415 g/mol. The second-order valence-corrected chi connectivity index (χ2v) is 8.03. The van der Waals surface area contributed by atoms with Crippen LogP contribution >= 0.6 is 23.2 Å². The topological polar surface area (TPSA) is 40.6 Å². The Morgan fingerprint density at radius 1 is 0.821 bits per heavy atom. The lowest BCUT2D eigenvalue weighted by Gasteiger charge is -2.29. The number of hydrogen-bond donors (Lipinski definition) is 0. The third-order valence-corrected chi connectivity index (χ3v) is 5.75. The number of imide groups is 1. The molecule has 0 aliphatic carbocycles. The molecule has 2 amide bonds. The van der Waals surface area contributed by atoms with E-state index in [0.717, 1.165) is 37.9 Å². The summed E-state index contributed by atoms with van der Waals surface area (Å²) < 4.78 is 0. The number of benzene rings is 2. The molecule has 2 aromatic rings. The maximum atomic E-state index is 13.4. The smallest absolute Gasteiger partial charge is 0.282 e. The van der Waals surface area contributed by atoms with Gasteiger partial charge in [-0.3, -0.25) is 9.59 Å². The van der Waals surface area contributed by atoms with Crippen LogP contribution in [0.25, 0.3) is 5.57 Å². The number of anilines is 1. The van der Waals surface area contributed by atoms with E-state index in [4.69, 9.17) is 23.2 Å². The van der Waals surface area contributed by atoms with Gasteiger partial charge in [-0.15, -0.1) is 0 Å². The predicted molar refractivity (Wildman–Crippen MR) is 112 cm³/mol. The summed E-state index contributed by atoms with van der Waals surface area (Å²) in [5.41, 5.74) is 2.99. The van der Waals surface area contributed by atoms with E-state index >= 15 is 0 Å². The van der Waals surface area contributed by atoms with Crippen molar-refractivity contribution in [3.05, 3.63) is 69.3 Å². The van der Waals surface area contributed by atoms with E-state index in [1.165, 1.54) is 4.90 Å². The van der Waals surface area contributed by atoms with Gasteiger partial charge in [-0.05, 0) is 67.6 Å². The quantitative estimate of drug-likeness (QED) is 0.657. The lowest BCUT2D eigenvalue weighted by atomic mass is 10.0. The number of likely N-dealkylation sites (tertiary alicyclic amines) is 1. The molecule has 0 unspecified atom stereocenters. The molecule has 2 aromatic carbocycles. The second kappa shape index (κ2) is 7.61. The van der Waals surface area contributed by atoms with Crippen molar-refractivity contribution in [1.29, 1.82) is 0 Å². The molecular weight excluding hydrogens is 395 g/mol. The number of carbonyl (C=O) groups excluding carboxylic acids is 2. The van der Waals surface area contributed by atoms with Gasteiger partial charge < -0.3 is 4.90 Å². The van der Waals surface area contributed by atoms with Gasteiger partial charge in [0.2, 0.25) is 0 Å². The molecule has 4 rings (SSSR count). The highest BCUT2D eigenvalue weighted by Gasteiger charge is 2.43. The monoisotopic (exact) mass is 414 g/mol. The first-order chi connectivity index (χ1) is 13.5. The fourth-order valence-electron chi connectivity index (χ4n) is 3.89. The Bertz CT molecular complexity index is 977. The van der Waals surface area contributed by atoms with Crippen molar-refractivity contribution in [2.45, 2.75) is 26.2 Å². The van der Waals surface area contributed by atoms with E-state index in [1.54, 1.807) is 42.5 Å². The maximum absolute atomic E-state index is 13.4. The Hall–Kier alpha value is -2.30. The van der Waals surface area contributed by atoms with Crippen LogP contribution in [-0.2, 0) is 9.59 Å². The summed E-state index contributed by atoms with van der Waals surface area (Å²) in [5.74, 6) is -0.583. The predicted octanol–water partition coefficient (Wildman–Crippen LogP) is 5.07. The van der Waals surface area contributed by atoms with Crippen molar-refractivity contribution >= 4 is 46.3 Å². The summed E-state index contributed by atoms with van der Waals surface area (Å²) >= 11 is 12.1. The van der Waals surface area contributed by atoms with Crippen LogP contribution in [0.5, 0.6) is 0 Å². The number of hydrogen-bond acceptors (Lipinski definition) is 3. The van der Waals surface area contributed by atoms with E-state index in [-0.39, 0.29) is 11.8 Å². The second-order valence-electron chi connectivity index (χ2n) is 7.15. The number of carbonyl (C=O) groups is 2. The van der Waals surface area contributed by atoms with Gasteiger partial charge in [-0.2, -0.15) is 0 Å². The van der Waals surface area contributed by atoms with Crippen LogP contribution in [0.2, 0.25) is 10.0 Å². The van der Waals surface area contributed by atoms with Crippen molar-refractivity contribution in [1.82, 2.24) is 4.90 Å². The van der Waals surface area contributed by atoms with Gasteiger partial charge in [-0.1, -0.05) is 35.3 Å². The first kappa shape index (κ1) is 19.0. The minimum atomic E-state index is -0.307. The van der Waals surface area contributed by atoms with Crippen molar-refractivity contribution in [3.63, 3.8) is 0 Å². The largest absolute Gasteiger partial charge is 0.366 e. The van der Waals surface area contributed by atoms with Crippen molar-refractivity contribution in [2.75, 3.05) is 18.0 Å². The minimum Gasteiger partial charge on any atom is -0.366 e. The van der Waals surface area contributed by atoms with E-state index < -0.39 is 0 Å². The van der Waals surface area contributed by atoms with Gasteiger partial charge in [0.15, 0.2) is 0 Å². The lowest BCUT2D eigenvalue weighted by Crippen LogP contribution is -2.37. The third-order valence-electron chi connectivity index (χ3n) is 5.26. The first-order valence-corrected chi connectivity index (χ1v) is 10.1. The molecule has 0 saturated carbocycles. The van der Waals surface area contributed by atoms with Crippen LogP contribution in [0.3, 0.4) is 0 Å². The van der Waals surface area contributed by atoms with Gasteiger partial charge in [0, 0.05) is 23.1 Å². The molecule has 144 valence electrons. The molecule has 0 radical (unpaired) electrons. The summed E-state index contributed by atoms with van der Waals surface area (Å²) in [6, 6.07) is 12.3. The van der Waals surface area contributed by atoms with Crippen molar-refractivity contribution in [3.8, 4) is 0 Å². The summed E-state index contributed by atoms with van der Waals surface area (Å²) in [6.07, 6.45) is 3.17. The molecule has 2 heterocycles. The molecule has 1 fully saturated rings. The highest BCUT2D eigenvalue weighted by molar-refractivity contribution is 6.45. The summed E-state index contributed by atoms with van der Waals surface area (Å²) in [4.78, 5) is 30.2. The van der Waals surface area contributed by atoms with Crippen molar-refractivity contribution in [2.24, 2.45) is 0 Å². The standard InChI is InChI=1S/C22H20Cl2N2O2/c1-14-13-17(24)9-10-18(14)26-21(27)19(15-5-7-16(23)8-6-15)20(22(26)28)25-11-3-2-4-12-25/h5-10,13H,2-4,11-12H2,1H3. The van der Waals surface area contributed by atoms with E-state index in [1.807, 2.05) is 6.92 Å². The first-order valence-electron chi connectivity index (χ1n) is 9.37. The zero-order valence-corrected chi connectivity index (χ0v) is 17.1. The summed E-state index contributed by atoms with van der Waals surface area (Å²) in [7, 11) is 0. The zero-order valence-electron chi connectivity index (χ0n) is 15.5. The van der Waals surface area contributed by atoms with Crippen LogP contribution in [0, 0.1) is 6.92 Å². The SMILES string of the molecule is Cc1cc(Cl)ccc1N1C(=O)C(c2ccc(Cl)cc2)=C(N2CCCCC2)C1=O. The molecule has 1 saturated heterocycles. The fourth-order valence-corrected chi connectivity index (χ4v) is 4.25. The van der Waals surface area contributed by atoms with Gasteiger partial charge in [0.1, 0.15) is 5.70 Å². The number of halogens is 2. The number of rotatable bonds is 3. The van der Waals surface area contributed by atoms with E-state index in [0.29, 0.717) is 32.6 Å². The Kier molecular flexibility index (Phi) is 5.17. The number of piperidine rings is 1. The van der Waals surface area contributed by atoms with Crippen LogP contribution in [0.4, 0.5) is 5.69 Å². The summed E-state index contributed by atoms with van der Waals surface area (Å²) in [5, 5.41) is 1.16. The summed E-state index contributed by atoms with van der Waals surface area (Å²) in [6.45, 7) is 3.40. The lowest BCUT2D eigenvalue weighted by molar-refractivity contribution is -0.120. The van der Waals surface area contributed by atoms with Gasteiger partial charge in [0.05, 0.1) is 11.3 Å². The Morgan fingerprint density at radius 3 is 2.11 bits per heavy atom.